The highest BCUT2D eigenvalue weighted by molar-refractivity contribution is 5.60. The third-order valence-corrected chi connectivity index (χ3v) is 2.81. The van der Waals surface area contributed by atoms with Crippen molar-refractivity contribution in [3.8, 4) is 11.8 Å². The van der Waals surface area contributed by atoms with Crippen molar-refractivity contribution < 1.29 is 24.6 Å². The Morgan fingerprint density at radius 2 is 1.80 bits per heavy atom. The van der Waals surface area contributed by atoms with Crippen LogP contribution in [0.1, 0.15) is 16.7 Å². The number of aromatic nitrogens is 1. The smallest absolute Gasteiger partial charge is 0.492 e. The zero-order valence-corrected chi connectivity index (χ0v) is 11.2. The molecule has 2 aromatic rings. The fourth-order valence-corrected chi connectivity index (χ4v) is 1.69. The second-order valence-electron chi connectivity index (χ2n) is 4.40. The minimum absolute atomic E-state index is 0.0507. The van der Waals surface area contributed by atoms with Crippen molar-refractivity contribution >= 4 is 6.16 Å². The molecule has 0 aliphatic heterocycles. The van der Waals surface area contributed by atoms with Crippen LogP contribution in [-0.2, 0) is 11.3 Å². The molecule has 2 N–H and O–H groups in total. The van der Waals surface area contributed by atoms with Crippen molar-refractivity contribution in [2.45, 2.75) is 20.5 Å². The minimum atomic E-state index is -1.02. The van der Waals surface area contributed by atoms with E-state index in [0.717, 1.165) is 16.7 Å². The Hall–Kier alpha value is -2.63. The number of aryl methyl sites for hydroxylation is 2. The van der Waals surface area contributed by atoms with Crippen molar-refractivity contribution in [1.29, 1.82) is 0 Å². The Bertz CT molecular complexity index is 613. The predicted molar refractivity (Wildman–Crippen MR) is 70.4 cm³/mol. The summed E-state index contributed by atoms with van der Waals surface area (Å²) < 4.78 is 5.52. The van der Waals surface area contributed by atoms with Gasteiger partial charge < -0.3 is 14.9 Å². The fourth-order valence-electron chi connectivity index (χ4n) is 1.69. The van der Waals surface area contributed by atoms with Gasteiger partial charge in [0.2, 0.25) is 11.8 Å². The maximum absolute atomic E-state index is 11.5. The molecular formula is C14H15NO5. The Labute approximate surface area is 115 Å². The van der Waals surface area contributed by atoms with Gasteiger partial charge in [-0.25, -0.2) is 4.79 Å². The van der Waals surface area contributed by atoms with E-state index in [4.69, 9.17) is 4.74 Å². The number of benzene rings is 1. The Balaban J connectivity index is 1.97. The lowest BCUT2D eigenvalue weighted by Gasteiger charge is -2.09. The van der Waals surface area contributed by atoms with Crippen molar-refractivity contribution in [3.63, 3.8) is 0 Å². The lowest BCUT2D eigenvalue weighted by Crippen LogP contribution is -2.20. The molecule has 20 heavy (non-hydrogen) atoms. The molecule has 0 fully saturated rings. The van der Waals surface area contributed by atoms with Gasteiger partial charge in [0.15, 0.2) is 0 Å². The van der Waals surface area contributed by atoms with E-state index in [1.54, 1.807) is 0 Å². The summed E-state index contributed by atoms with van der Waals surface area (Å²) in [5, 5.41) is 18.6. The largest absolute Gasteiger partial charge is 0.534 e. The summed E-state index contributed by atoms with van der Waals surface area (Å²) in [7, 11) is 0. The summed E-state index contributed by atoms with van der Waals surface area (Å²) in [5.74, 6) is -0.794. The average molecular weight is 277 g/mol. The van der Waals surface area contributed by atoms with Crippen molar-refractivity contribution in [1.82, 2.24) is 4.73 Å². The van der Waals surface area contributed by atoms with E-state index in [9.17, 15) is 15.0 Å². The van der Waals surface area contributed by atoms with Gasteiger partial charge in [0.1, 0.15) is 6.61 Å². The van der Waals surface area contributed by atoms with E-state index >= 15 is 0 Å². The van der Waals surface area contributed by atoms with Crippen LogP contribution in [-0.4, -0.2) is 21.1 Å². The Morgan fingerprint density at radius 3 is 2.45 bits per heavy atom. The highest BCUT2D eigenvalue weighted by atomic mass is 16.8. The summed E-state index contributed by atoms with van der Waals surface area (Å²) >= 11 is 0. The van der Waals surface area contributed by atoms with Crippen LogP contribution < -0.4 is 4.84 Å². The molecule has 0 saturated carbocycles. The van der Waals surface area contributed by atoms with E-state index in [0.29, 0.717) is 4.73 Å². The first-order valence-corrected chi connectivity index (χ1v) is 5.98. The Morgan fingerprint density at radius 1 is 1.15 bits per heavy atom. The molecule has 0 radical (unpaired) electrons. The van der Waals surface area contributed by atoms with Gasteiger partial charge in [-0.1, -0.05) is 23.8 Å². The third-order valence-electron chi connectivity index (χ3n) is 2.81. The van der Waals surface area contributed by atoms with Gasteiger partial charge in [0.25, 0.3) is 0 Å². The first-order chi connectivity index (χ1) is 9.47. The zero-order chi connectivity index (χ0) is 14.7. The van der Waals surface area contributed by atoms with Crippen molar-refractivity contribution in [3.05, 3.63) is 47.0 Å². The Kier molecular flexibility index (Phi) is 3.84. The number of aromatic hydroxyl groups is 2. The molecule has 0 amide bonds. The van der Waals surface area contributed by atoms with Gasteiger partial charge in [-0.05, 0) is 25.0 Å². The highest BCUT2D eigenvalue weighted by Gasteiger charge is 2.13. The SMILES string of the molecule is Cc1ccc(C)c(COC(=O)On2c(O)ccc2O)c1. The number of nitrogens with zero attached hydrogens (tertiary/aromatic N) is 1. The summed E-state index contributed by atoms with van der Waals surface area (Å²) in [6.45, 7) is 3.90. The van der Waals surface area contributed by atoms with Crippen molar-refractivity contribution in [2.75, 3.05) is 0 Å². The molecule has 1 aromatic heterocycles. The van der Waals surface area contributed by atoms with E-state index in [-0.39, 0.29) is 6.61 Å². The van der Waals surface area contributed by atoms with Crippen molar-refractivity contribution in [2.24, 2.45) is 0 Å². The number of hydrogen-bond donors (Lipinski definition) is 2. The second-order valence-corrected chi connectivity index (χ2v) is 4.40. The average Bonchev–Trinajstić information content (AvgIpc) is 2.71. The van der Waals surface area contributed by atoms with Crippen LogP contribution in [0.3, 0.4) is 0 Å². The first kappa shape index (κ1) is 13.8. The maximum Gasteiger partial charge on any atom is 0.534 e. The summed E-state index contributed by atoms with van der Waals surface area (Å²) in [5.41, 5.74) is 2.92. The standard InChI is InChI=1S/C14H15NO5/c1-9-3-4-10(2)11(7-9)8-19-14(18)20-15-12(16)5-6-13(15)17/h3-7,16-17H,8H2,1-2H3. The molecule has 0 saturated heterocycles. The molecule has 106 valence electrons. The normalized spacial score (nSPS) is 10.3. The molecule has 0 aliphatic rings. The zero-order valence-electron chi connectivity index (χ0n) is 11.2. The molecule has 0 bridgehead atoms. The molecular weight excluding hydrogens is 262 g/mol. The molecule has 0 unspecified atom stereocenters. The lowest BCUT2D eigenvalue weighted by molar-refractivity contribution is 0.0310. The van der Waals surface area contributed by atoms with Gasteiger partial charge in [-0.3, -0.25) is 4.84 Å². The van der Waals surface area contributed by atoms with Gasteiger partial charge in [-0.15, -0.1) is 4.73 Å². The van der Waals surface area contributed by atoms with Gasteiger partial charge >= 0.3 is 6.16 Å². The molecule has 0 aliphatic carbocycles. The molecule has 0 atom stereocenters. The summed E-state index contributed by atoms with van der Waals surface area (Å²) in [6, 6.07) is 8.18. The fraction of sp³-hybridized carbons (Fsp3) is 0.214. The van der Waals surface area contributed by atoms with E-state index in [1.165, 1.54) is 12.1 Å². The maximum atomic E-state index is 11.5. The molecule has 2 rings (SSSR count). The van der Waals surface area contributed by atoms with Crippen LogP contribution >= 0.6 is 0 Å². The van der Waals surface area contributed by atoms with Crippen LogP contribution in [0.4, 0.5) is 4.79 Å². The van der Waals surface area contributed by atoms with Crippen LogP contribution in [0.2, 0.25) is 0 Å². The van der Waals surface area contributed by atoms with E-state index in [2.05, 4.69) is 4.84 Å². The number of rotatable bonds is 3. The number of carbonyl (C=O) groups is 1. The summed E-state index contributed by atoms with van der Waals surface area (Å²) in [4.78, 5) is 16.2. The third kappa shape index (κ3) is 3.03. The van der Waals surface area contributed by atoms with E-state index in [1.807, 2.05) is 32.0 Å². The molecule has 6 heteroatoms. The quantitative estimate of drug-likeness (QED) is 0.841. The van der Waals surface area contributed by atoms with Gasteiger partial charge in [0, 0.05) is 12.1 Å². The lowest BCUT2D eigenvalue weighted by atomic mass is 10.1. The second kappa shape index (κ2) is 5.56. The first-order valence-electron chi connectivity index (χ1n) is 5.98. The van der Waals surface area contributed by atoms with E-state index < -0.39 is 17.9 Å². The van der Waals surface area contributed by atoms with Crippen LogP contribution in [0, 0.1) is 13.8 Å². The predicted octanol–water partition coefficient (Wildman–Crippen LogP) is 2.28. The van der Waals surface area contributed by atoms with Crippen LogP contribution in [0.15, 0.2) is 30.3 Å². The van der Waals surface area contributed by atoms with Crippen LogP contribution in [0.5, 0.6) is 11.8 Å². The number of ether oxygens (including phenoxy) is 1. The van der Waals surface area contributed by atoms with Crippen LogP contribution in [0.25, 0.3) is 0 Å². The monoisotopic (exact) mass is 277 g/mol. The van der Waals surface area contributed by atoms with Gasteiger partial charge in [0.05, 0.1) is 0 Å². The molecule has 1 heterocycles. The number of carbonyl (C=O) groups excluding carboxylic acids is 1. The molecule has 1 aromatic carbocycles. The minimum Gasteiger partial charge on any atom is -0.492 e. The highest BCUT2D eigenvalue weighted by Crippen LogP contribution is 2.19. The number of hydrogen-bond acceptors (Lipinski definition) is 5. The molecule has 6 nitrogen and oxygen atoms in total. The summed E-state index contributed by atoms with van der Waals surface area (Å²) in [6.07, 6.45) is -1.02. The topological polar surface area (TPSA) is 80.9 Å². The van der Waals surface area contributed by atoms with Gasteiger partial charge in [-0.2, -0.15) is 0 Å². The molecule has 0 spiro atoms.